The lowest BCUT2D eigenvalue weighted by molar-refractivity contribution is -0.140. The first-order chi connectivity index (χ1) is 16.5. The number of Topliss-reactive ketones (excluding diaryl/α,β-unsaturated/α-hetero) is 3. The fourth-order valence-corrected chi connectivity index (χ4v) is 5.50. The molecule has 1 saturated carbocycles. The molecule has 0 saturated heterocycles. The van der Waals surface area contributed by atoms with Crippen molar-refractivity contribution in [3.8, 4) is 5.75 Å². The molecule has 35 heavy (non-hydrogen) atoms. The summed E-state index contributed by atoms with van der Waals surface area (Å²) in [7, 11) is 0. The summed E-state index contributed by atoms with van der Waals surface area (Å²) in [5, 5.41) is 11.0. The van der Waals surface area contributed by atoms with Gasteiger partial charge in [0.1, 0.15) is 29.7 Å². The van der Waals surface area contributed by atoms with Crippen LogP contribution in [0.3, 0.4) is 0 Å². The van der Waals surface area contributed by atoms with E-state index in [2.05, 4.69) is 0 Å². The molecule has 0 unspecified atom stereocenters. The minimum atomic E-state index is -0.991. The van der Waals surface area contributed by atoms with Crippen molar-refractivity contribution in [3.63, 3.8) is 0 Å². The Labute approximate surface area is 207 Å². The predicted molar refractivity (Wildman–Crippen MR) is 134 cm³/mol. The number of allylic oxidation sites excluding steroid dienone is 2. The number of carbonyl (C=O) groups excluding carboxylic acids is 3. The molecule has 2 aliphatic carbocycles. The summed E-state index contributed by atoms with van der Waals surface area (Å²) in [5.41, 5.74) is 1.07. The maximum absolute atomic E-state index is 13.3. The highest BCUT2D eigenvalue weighted by atomic mass is 16.5. The van der Waals surface area contributed by atoms with E-state index in [1.165, 1.54) is 0 Å². The molecule has 2 aromatic rings. The zero-order valence-corrected chi connectivity index (χ0v) is 21.0. The number of ether oxygens (including phenoxy) is 1. The Kier molecular flexibility index (Phi) is 6.72. The second-order valence-electron chi connectivity index (χ2n) is 11.6. The average Bonchev–Trinajstić information content (AvgIpc) is 2.75. The molecule has 5 heteroatoms. The second-order valence-corrected chi connectivity index (χ2v) is 11.6. The number of aliphatic hydroxyl groups is 1. The quantitative estimate of drug-likeness (QED) is 0.510. The van der Waals surface area contributed by atoms with Crippen molar-refractivity contribution in [1.29, 1.82) is 0 Å². The van der Waals surface area contributed by atoms with Gasteiger partial charge in [-0.1, -0.05) is 70.2 Å². The van der Waals surface area contributed by atoms with Crippen LogP contribution < -0.4 is 4.74 Å². The van der Waals surface area contributed by atoms with E-state index >= 15 is 0 Å². The Hall–Kier alpha value is -3.21. The van der Waals surface area contributed by atoms with Crippen LogP contribution in [-0.2, 0) is 21.0 Å². The summed E-state index contributed by atoms with van der Waals surface area (Å²) < 4.78 is 6.00. The highest BCUT2D eigenvalue weighted by molar-refractivity contribution is 6.09. The summed E-state index contributed by atoms with van der Waals surface area (Å²) in [6.45, 7) is 8.06. The summed E-state index contributed by atoms with van der Waals surface area (Å²) in [6.07, 6.45) is 1.11. The second kappa shape index (κ2) is 9.44. The third-order valence-corrected chi connectivity index (χ3v) is 7.01. The lowest BCUT2D eigenvalue weighted by Gasteiger charge is -2.39. The first-order valence-electron chi connectivity index (χ1n) is 12.2. The van der Waals surface area contributed by atoms with E-state index < -0.39 is 17.3 Å². The van der Waals surface area contributed by atoms with Gasteiger partial charge in [0, 0.05) is 37.2 Å². The number of carbonyl (C=O) groups is 3. The molecule has 0 bridgehead atoms. The summed E-state index contributed by atoms with van der Waals surface area (Å²) in [6, 6.07) is 17.0. The normalized spacial score (nSPS) is 21.2. The number of rotatable bonds is 6. The van der Waals surface area contributed by atoms with E-state index in [-0.39, 0.29) is 53.4 Å². The van der Waals surface area contributed by atoms with Gasteiger partial charge in [-0.3, -0.25) is 14.4 Å². The van der Waals surface area contributed by atoms with Gasteiger partial charge in [0.15, 0.2) is 5.78 Å². The van der Waals surface area contributed by atoms with Crippen LogP contribution in [0.5, 0.6) is 5.75 Å². The minimum absolute atomic E-state index is 0.0164. The summed E-state index contributed by atoms with van der Waals surface area (Å²) in [4.78, 5) is 40.0. The standard InChI is InChI=1S/C30H34O5/c1-29(2)14-22(31)27(23(32)15-29)26(28-24(33)16-30(3,4)17-25(28)34)20-11-8-12-21(13-20)35-18-19-9-6-5-7-10-19/h5-13,26-27,33H,14-18H2,1-4H3/t26-/m1/s1. The molecule has 4 rings (SSSR count). The SMILES string of the molecule is CC1(C)CC(=O)C([C@H](C2=C(O)CC(C)(C)CC2=O)c2cccc(OCc3ccccc3)c2)C(=O)C1. The average molecular weight is 475 g/mol. The van der Waals surface area contributed by atoms with Crippen molar-refractivity contribution in [1.82, 2.24) is 0 Å². The van der Waals surface area contributed by atoms with Crippen molar-refractivity contribution >= 4 is 17.3 Å². The fraction of sp³-hybridized carbons (Fsp3) is 0.433. The van der Waals surface area contributed by atoms with E-state index in [1.54, 1.807) is 12.1 Å². The largest absolute Gasteiger partial charge is 0.512 e. The van der Waals surface area contributed by atoms with Gasteiger partial charge in [0.2, 0.25) is 0 Å². The van der Waals surface area contributed by atoms with Gasteiger partial charge in [-0.05, 0) is 34.1 Å². The van der Waals surface area contributed by atoms with E-state index in [0.717, 1.165) is 5.56 Å². The minimum Gasteiger partial charge on any atom is -0.512 e. The monoisotopic (exact) mass is 474 g/mol. The first kappa shape index (κ1) is 24.9. The zero-order valence-electron chi connectivity index (χ0n) is 21.0. The molecule has 0 aromatic heterocycles. The molecular formula is C30H34O5. The first-order valence-corrected chi connectivity index (χ1v) is 12.2. The molecule has 184 valence electrons. The molecule has 1 fully saturated rings. The highest BCUT2D eigenvalue weighted by Crippen LogP contribution is 2.47. The molecule has 0 radical (unpaired) electrons. The van der Waals surface area contributed by atoms with E-state index in [0.29, 0.717) is 24.3 Å². The van der Waals surface area contributed by atoms with Crippen molar-refractivity contribution in [2.75, 3.05) is 0 Å². The van der Waals surface area contributed by atoms with Crippen LogP contribution in [0.2, 0.25) is 0 Å². The van der Waals surface area contributed by atoms with E-state index in [1.807, 2.05) is 70.2 Å². The Morgan fingerprint density at radius 2 is 1.49 bits per heavy atom. The summed E-state index contributed by atoms with van der Waals surface area (Å²) in [5.74, 6) is -1.81. The third kappa shape index (κ3) is 5.55. The van der Waals surface area contributed by atoms with Crippen LogP contribution in [0.15, 0.2) is 65.9 Å². The Bertz CT molecular complexity index is 1150. The molecule has 1 N–H and O–H groups in total. The van der Waals surface area contributed by atoms with Gasteiger partial charge in [-0.25, -0.2) is 0 Å². The number of hydrogen-bond donors (Lipinski definition) is 1. The van der Waals surface area contributed by atoms with Gasteiger partial charge in [0.05, 0.1) is 5.92 Å². The lowest BCUT2D eigenvalue weighted by Crippen LogP contribution is -2.43. The molecule has 2 aromatic carbocycles. The van der Waals surface area contributed by atoms with Crippen molar-refractivity contribution < 1.29 is 24.2 Å². The number of hydrogen-bond acceptors (Lipinski definition) is 5. The molecule has 1 atom stereocenters. The van der Waals surface area contributed by atoms with Crippen LogP contribution in [-0.4, -0.2) is 22.5 Å². The van der Waals surface area contributed by atoms with Gasteiger partial charge in [0.25, 0.3) is 0 Å². The highest BCUT2D eigenvalue weighted by Gasteiger charge is 2.48. The Morgan fingerprint density at radius 1 is 0.857 bits per heavy atom. The fourth-order valence-electron chi connectivity index (χ4n) is 5.50. The molecule has 0 amide bonds. The molecule has 2 aliphatic rings. The molecule has 0 aliphatic heterocycles. The lowest BCUT2D eigenvalue weighted by atomic mass is 9.62. The van der Waals surface area contributed by atoms with Crippen LogP contribution in [0.1, 0.15) is 70.4 Å². The van der Waals surface area contributed by atoms with Crippen molar-refractivity contribution in [2.24, 2.45) is 16.7 Å². The Morgan fingerprint density at radius 3 is 2.11 bits per heavy atom. The van der Waals surface area contributed by atoms with Crippen LogP contribution in [0.4, 0.5) is 0 Å². The van der Waals surface area contributed by atoms with Gasteiger partial charge in [-0.2, -0.15) is 0 Å². The summed E-state index contributed by atoms with van der Waals surface area (Å²) >= 11 is 0. The number of benzene rings is 2. The van der Waals surface area contributed by atoms with Crippen molar-refractivity contribution in [3.05, 3.63) is 77.1 Å². The van der Waals surface area contributed by atoms with Crippen LogP contribution in [0.25, 0.3) is 0 Å². The smallest absolute Gasteiger partial charge is 0.163 e. The van der Waals surface area contributed by atoms with Gasteiger partial charge in [-0.15, -0.1) is 0 Å². The number of ketones is 3. The topological polar surface area (TPSA) is 80.7 Å². The van der Waals surface area contributed by atoms with Crippen molar-refractivity contribution in [2.45, 2.75) is 65.9 Å². The maximum atomic E-state index is 13.3. The zero-order chi connectivity index (χ0) is 25.4. The van der Waals surface area contributed by atoms with Gasteiger partial charge < -0.3 is 9.84 Å². The molecule has 5 nitrogen and oxygen atoms in total. The molecule has 0 spiro atoms. The predicted octanol–water partition coefficient (Wildman–Crippen LogP) is 6.12. The van der Waals surface area contributed by atoms with Crippen LogP contribution in [0, 0.1) is 16.7 Å². The van der Waals surface area contributed by atoms with Crippen LogP contribution >= 0.6 is 0 Å². The Balaban J connectivity index is 1.75. The molecule has 0 heterocycles. The number of aliphatic hydroxyl groups excluding tert-OH is 1. The molecular weight excluding hydrogens is 440 g/mol. The van der Waals surface area contributed by atoms with Gasteiger partial charge >= 0.3 is 0 Å². The van der Waals surface area contributed by atoms with E-state index in [4.69, 9.17) is 4.74 Å². The van der Waals surface area contributed by atoms with E-state index in [9.17, 15) is 19.5 Å². The third-order valence-electron chi connectivity index (χ3n) is 7.01. The maximum Gasteiger partial charge on any atom is 0.163 e.